The first-order chi connectivity index (χ1) is 7.70. The predicted octanol–water partition coefficient (Wildman–Crippen LogP) is -0.260. The first-order valence-electron chi connectivity index (χ1n) is 4.72. The van der Waals surface area contributed by atoms with Crippen LogP contribution in [-0.4, -0.2) is 32.8 Å². The lowest BCUT2D eigenvalue weighted by atomic mass is 9.95. The summed E-state index contributed by atoms with van der Waals surface area (Å²) in [5.74, 6) is 0.556. The van der Waals surface area contributed by atoms with Crippen LogP contribution in [0.15, 0.2) is 30.6 Å². The molecule has 0 spiro atoms. The lowest BCUT2D eigenvalue weighted by Gasteiger charge is -2.07. The van der Waals surface area contributed by atoms with Crippen molar-refractivity contribution in [2.24, 2.45) is 0 Å². The molecular weight excluding hydrogens is 198 g/mol. The van der Waals surface area contributed by atoms with Crippen LogP contribution in [0.3, 0.4) is 0 Å². The maximum absolute atomic E-state index is 5.72. The number of methoxy groups -OCH3 is 1. The molecule has 3 nitrogen and oxygen atoms in total. The van der Waals surface area contributed by atoms with Crippen LogP contribution >= 0.6 is 0 Å². The Morgan fingerprint density at radius 1 is 1.19 bits per heavy atom. The third-order valence-electron chi connectivity index (χ3n) is 2.16. The van der Waals surface area contributed by atoms with E-state index < -0.39 is 0 Å². The minimum atomic E-state index is 0.349. The van der Waals surface area contributed by atoms with Gasteiger partial charge in [0.25, 0.3) is 0 Å². The lowest BCUT2D eigenvalue weighted by molar-refractivity contribution is 0.417. The summed E-state index contributed by atoms with van der Waals surface area (Å²) in [6.45, 7) is 0. The highest BCUT2D eigenvalue weighted by Gasteiger charge is 2.03. The highest BCUT2D eigenvalue weighted by atomic mass is 16.5. The van der Waals surface area contributed by atoms with Crippen LogP contribution < -0.4 is 15.8 Å². The highest BCUT2D eigenvalue weighted by molar-refractivity contribution is 6.33. The predicted molar refractivity (Wildman–Crippen MR) is 64.8 cm³/mol. The summed E-state index contributed by atoms with van der Waals surface area (Å²) in [5.41, 5.74) is 2.49. The average molecular weight is 206 g/mol. The van der Waals surface area contributed by atoms with E-state index in [1.807, 2.05) is 6.07 Å². The van der Waals surface area contributed by atoms with E-state index in [0.29, 0.717) is 16.8 Å². The van der Waals surface area contributed by atoms with Gasteiger partial charge in [-0.3, -0.25) is 9.97 Å². The average Bonchev–Trinajstić information content (AvgIpc) is 2.29. The Morgan fingerprint density at radius 2 is 2.00 bits per heavy atom. The zero-order valence-electron chi connectivity index (χ0n) is 8.84. The Kier molecular flexibility index (Phi) is 2.95. The fourth-order valence-electron chi connectivity index (χ4n) is 1.39. The largest absolute Gasteiger partial charge is 0.496 e. The van der Waals surface area contributed by atoms with Gasteiger partial charge < -0.3 is 4.74 Å². The van der Waals surface area contributed by atoms with E-state index in [1.54, 1.807) is 31.6 Å². The molecule has 0 aliphatic heterocycles. The fourth-order valence-corrected chi connectivity index (χ4v) is 1.39. The number of ether oxygens (including phenoxy) is 1. The molecule has 0 atom stereocenters. The molecule has 74 valence electrons. The molecule has 0 fully saturated rings. The van der Waals surface area contributed by atoms with Gasteiger partial charge in [0.15, 0.2) is 0 Å². The second-order valence-electron chi connectivity index (χ2n) is 3.29. The maximum Gasteiger partial charge on any atom is 0.147 e. The van der Waals surface area contributed by atoms with E-state index >= 15 is 0 Å². The molecule has 0 amide bonds. The van der Waals surface area contributed by atoms with Gasteiger partial charge in [0.2, 0.25) is 0 Å². The SMILES string of the molecule is [B]c1cncc(-c2ccc(OC)c([B])n2)c1. The topological polar surface area (TPSA) is 35.0 Å². The van der Waals surface area contributed by atoms with Crippen molar-refractivity contribution in [3.05, 3.63) is 30.6 Å². The molecule has 0 aliphatic rings. The van der Waals surface area contributed by atoms with Gasteiger partial charge in [0, 0.05) is 23.6 Å². The molecule has 2 rings (SSSR count). The zero-order valence-corrected chi connectivity index (χ0v) is 8.84. The molecule has 0 bridgehead atoms. The van der Waals surface area contributed by atoms with Crippen molar-refractivity contribution in [3.8, 4) is 17.0 Å². The molecule has 16 heavy (non-hydrogen) atoms. The minimum absolute atomic E-state index is 0.349. The van der Waals surface area contributed by atoms with Gasteiger partial charge in [-0.15, -0.1) is 0 Å². The molecule has 2 heterocycles. The van der Waals surface area contributed by atoms with Crippen molar-refractivity contribution >= 4 is 26.7 Å². The second kappa shape index (κ2) is 4.39. The molecule has 5 heteroatoms. The molecule has 0 aromatic carbocycles. The summed E-state index contributed by atoms with van der Waals surface area (Å²) >= 11 is 0. The first-order valence-corrected chi connectivity index (χ1v) is 4.72. The Balaban J connectivity index is 2.45. The summed E-state index contributed by atoms with van der Waals surface area (Å²) in [6, 6.07) is 5.37. The van der Waals surface area contributed by atoms with Crippen LogP contribution in [0.5, 0.6) is 5.75 Å². The van der Waals surface area contributed by atoms with E-state index in [0.717, 1.165) is 11.3 Å². The molecular formula is C11H8B2N2O. The monoisotopic (exact) mass is 206 g/mol. The van der Waals surface area contributed by atoms with Crippen LogP contribution in [0.1, 0.15) is 0 Å². The van der Waals surface area contributed by atoms with E-state index in [9.17, 15) is 0 Å². The maximum atomic E-state index is 5.72. The van der Waals surface area contributed by atoms with Gasteiger partial charge in [-0.1, -0.05) is 11.5 Å². The van der Waals surface area contributed by atoms with Gasteiger partial charge in [-0.2, -0.15) is 0 Å². The smallest absolute Gasteiger partial charge is 0.147 e. The summed E-state index contributed by atoms with van der Waals surface area (Å²) in [5, 5.41) is 0. The molecule has 2 aromatic rings. The van der Waals surface area contributed by atoms with Gasteiger partial charge in [0.1, 0.15) is 21.4 Å². The van der Waals surface area contributed by atoms with Gasteiger partial charge >= 0.3 is 0 Å². The minimum Gasteiger partial charge on any atom is -0.496 e. The number of pyridine rings is 2. The van der Waals surface area contributed by atoms with Gasteiger partial charge in [-0.25, -0.2) is 0 Å². The van der Waals surface area contributed by atoms with Gasteiger partial charge in [0.05, 0.1) is 12.8 Å². The van der Waals surface area contributed by atoms with E-state index in [-0.39, 0.29) is 0 Å². The van der Waals surface area contributed by atoms with Crippen molar-refractivity contribution in [2.45, 2.75) is 0 Å². The Bertz CT molecular complexity index is 517. The molecule has 0 N–H and O–H groups in total. The van der Waals surface area contributed by atoms with Crippen molar-refractivity contribution in [1.29, 1.82) is 0 Å². The highest BCUT2D eigenvalue weighted by Crippen LogP contribution is 2.15. The number of aromatic nitrogens is 2. The van der Waals surface area contributed by atoms with E-state index in [2.05, 4.69) is 9.97 Å². The quantitative estimate of drug-likeness (QED) is 0.634. The lowest BCUT2D eigenvalue weighted by Crippen LogP contribution is -2.13. The van der Waals surface area contributed by atoms with E-state index in [1.165, 1.54) is 0 Å². The Hall–Kier alpha value is -1.77. The van der Waals surface area contributed by atoms with Gasteiger partial charge in [-0.05, 0) is 12.1 Å². The van der Waals surface area contributed by atoms with Crippen molar-refractivity contribution < 1.29 is 4.74 Å². The molecule has 0 saturated carbocycles. The number of hydrogen-bond donors (Lipinski definition) is 0. The fraction of sp³-hybridized carbons (Fsp3) is 0.0909. The number of hydrogen-bond acceptors (Lipinski definition) is 3. The molecule has 0 aliphatic carbocycles. The third-order valence-corrected chi connectivity index (χ3v) is 2.16. The standard InChI is InChI=1S/C11H8B2N2O/c1-16-10-3-2-9(15-11(10)13)7-4-8(12)6-14-5-7/h2-6H,1H3. The van der Waals surface area contributed by atoms with Crippen molar-refractivity contribution in [2.75, 3.05) is 7.11 Å². The Labute approximate surface area is 96.7 Å². The zero-order chi connectivity index (χ0) is 11.5. The molecule has 4 radical (unpaired) electrons. The summed E-state index contributed by atoms with van der Waals surface area (Å²) in [6.07, 6.45) is 3.26. The van der Waals surface area contributed by atoms with Crippen LogP contribution in [0, 0.1) is 0 Å². The van der Waals surface area contributed by atoms with Crippen LogP contribution in [0.4, 0.5) is 0 Å². The summed E-state index contributed by atoms with van der Waals surface area (Å²) in [4.78, 5) is 8.21. The van der Waals surface area contributed by atoms with Crippen molar-refractivity contribution in [1.82, 2.24) is 9.97 Å². The van der Waals surface area contributed by atoms with E-state index in [4.69, 9.17) is 20.4 Å². The normalized spacial score (nSPS) is 10.1. The summed E-state index contributed by atoms with van der Waals surface area (Å²) in [7, 11) is 12.9. The van der Waals surface area contributed by atoms with Crippen molar-refractivity contribution in [3.63, 3.8) is 0 Å². The second-order valence-corrected chi connectivity index (χ2v) is 3.29. The van der Waals surface area contributed by atoms with Crippen LogP contribution in [0.2, 0.25) is 0 Å². The molecule has 0 unspecified atom stereocenters. The first kappa shape index (κ1) is 10.7. The number of nitrogens with zero attached hydrogens (tertiary/aromatic N) is 2. The molecule has 2 aromatic heterocycles. The van der Waals surface area contributed by atoms with Crippen LogP contribution in [0.25, 0.3) is 11.3 Å². The van der Waals surface area contributed by atoms with Crippen LogP contribution in [-0.2, 0) is 0 Å². The molecule has 0 saturated heterocycles. The third kappa shape index (κ3) is 2.08. The Morgan fingerprint density at radius 3 is 2.62 bits per heavy atom. The summed E-state index contributed by atoms with van der Waals surface area (Å²) < 4.78 is 5.03. The number of rotatable bonds is 2.